The molecule has 0 spiro atoms. The normalized spacial score (nSPS) is 14.1. The van der Waals surface area contributed by atoms with Crippen molar-refractivity contribution in [1.82, 2.24) is 19.9 Å². The molecule has 0 unspecified atom stereocenters. The van der Waals surface area contributed by atoms with E-state index in [2.05, 4.69) is 24.9 Å². The first-order chi connectivity index (χ1) is 19.6. The van der Waals surface area contributed by atoms with Gasteiger partial charge in [0, 0.05) is 30.8 Å². The van der Waals surface area contributed by atoms with Gasteiger partial charge in [0.1, 0.15) is 22.3 Å². The average Bonchev–Trinajstić information content (AvgIpc) is 3.62. The molecule has 2 N–H and O–H groups in total. The topological polar surface area (TPSA) is 100 Å². The average molecular weight is 603 g/mol. The molecule has 1 saturated heterocycles. The summed E-state index contributed by atoms with van der Waals surface area (Å²) in [5.74, 6) is -2.43. The van der Waals surface area contributed by atoms with E-state index in [0.717, 1.165) is 36.8 Å². The van der Waals surface area contributed by atoms with E-state index in [0.29, 0.717) is 46.5 Å². The molecular formula is C28H29F3N6O2S2. The summed E-state index contributed by atoms with van der Waals surface area (Å²) in [6.07, 6.45) is 4.08. The maximum Gasteiger partial charge on any atom is 0.265 e. The Bertz CT molecular complexity index is 1660. The maximum atomic E-state index is 14.8. The lowest BCUT2D eigenvalue weighted by molar-refractivity contribution is 0.352. The predicted octanol–water partition coefficient (Wildman–Crippen LogP) is 6.12. The predicted molar refractivity (Wildman–Crippen MR) is 154 cm³/mol. The van der Waals surface area contributed by atoms with Crippen LogP contribution in [0.15, 0.2) is 53.6 Å². The molecule has 0 aliphatic carbocycles. The zero-order valence-corrected chi connectivity index (χ0v) is 24.1. The minimum atomic E-state index is -4.63. The molecule has 1 fully saturated rings. The van der Waals surface area contributed by atoms with Crippen molar-refractivity contribution in [2.45, 2.75) is 37.5 Å². The Morgan fingerprint density at radius 3 is 2.51 bits per heavy atom. The van der Waals surface area contributed by atoms with Gasteiger partial charge in [0.2, 0.25) is 5.95 Å². The molecule has 0 bridgehead atoms. The molecule has 1 aliphatic rings. The summed E-state index contributed by atoms with van der Waals surface area (Å²) in [5.41, 5.74) is 1.08. The highest BCUT2D eigenvalue weighted by Crippen LogP contribution is 2.39. The van der Waals surface area contributed by atoms with Gasteiger partial charge in [-0.05, 0) is 68.4 Å². The Morgan fingerprint density at radius 1 is 1.00 bits per heavy atom. The zero-order chi connectivity index (χ0) is 29.1. The third-order valence-corrected chi connectivity index (χ3v) is 9.36. The summed E-state index contributed by atoms with van der Waals surface area (Å²) >= 11 is 1.43. The second kappa shape index (κ2) is 12.1. The van der Waals surface area contributed by atoms with Gasteiger partial charge in [0.15, 0.2) is 0 Å². The monoisotopic (exact) mass is 602 g/mol. The van der Waals surface area contributed by atoms with Crippen LogP contribution in [0.1, 0.15) is 37.6 Å². The third-order valence-electron chi connectivity index (χ3n) is 6.60. The van der Waals surface area contributed by atoms with E-state index >= 15 is 0 Å². The molecule has 0 radical (unpaired) electrons. The highest BCUT2D eigenvalue weighted by Gasteiger charge is 2.24. The van der Waals surface area contributed by atoms with Gasteiger partial charge >= 0.3 is 0 Å². The molecule has 2 aromatic heterocycles. The van der Waals surface area contributed by atoms with Crippen molar-refractivity contribution >= 4 is 33.0 Å². The molecule has 0 atom stereocenters. The Kier molecular flexibility index (Phi) is 8.57. The van der Waals surface area contributed by atoms with Crippen LogP contribution >= 0.6 is 11.3 Å². The number of rotatable bonds is 10. The Balaban J connectivity index is 1.46. The van der Waals surface area contributed by atoms with Crippen LogP contribution in [-0.4, -0.2) is 54.4 Å². The Hall–Kier alpha value is -3.55. The third kappa shape index (κ3) is 6.68. The summed E-state index contributed by atoms with van der Waals surface area (Å²) in [6, 6.07) is 7.65. The number of hydrogen-bond donors (Lipinski definition) is 2. The largest absolute Gasteiger partial charge is 0.353 e. The lowest BCUT2D eigenvalue weighted by atomic mass is 10.1. The first kappa shape index (κ1) is 29.0. The van der Waals surface area contributed by atoms with E-state index in [-0.39, 0.29) is 5.92 Å². The fourth-order valence-corrected chi connectivity index (χ4v) is 6.70. The van der Waals surface area contributed by atoms with Gasteiger partial charge < -0.3 is 10.2 Å². The van der Waals surface area contributed by atoms with E-state index in [1.165, 1.54) is 36.3 Å². The number of thiazole rings is 1. The van der Waals surface area contributed by atoms with E-state index in [9.17, 15) is 21.6 Å². The van der Waals surface area contributed by atoms with Gasteiger partial charge in [-0.3, -0.25) is 4.72 Å². The molecule has 216 valence electrons. The van der Waals surface area contributed by atoms with E-state index in [1.54, 1.807) is 12.3 Å². The van der Waals surface area contributed by atoms with E-state index in [4.69, 9.17) is 4.98 Å². The van der Waals surface area contributed by atoms with Gasteiger partial charge in [-0.2, -0.15) is 0 Å². The number of sulfonamides is 1. The second-order valence-electron chi connectivity index (χ2n) is 10.0. The van der Waals surface area contributed by atoms with Crippen LogP contribution in [0, 0.1) is 17.5 Å². The van der Waals surface area contributed by atoms with Crippen LogP contribution in [0.25, 0.3) is 21.8 Å². The standard InChI is InChI=1S/C28H29F3N6O2S2/c1-17(2)27-35-25(26(40-27)22-9-10-32-28(34-22)33-11-14-37-12-3-4-13-37)18-5-7-20(30)23(15-18)36-41(38,39)24-16-19(29)6-8-21(24)31/h5-10,15-17,36H,3-4,11-14H2,1-2H3,(H,32,33,34). The van der Waals surface area contributed by atoms with Crippen LogP contribution < -0.4 is 10.0 Å². The zero-order valence-electron chi connectivity index (χ0n) is 22.5. The maximum absolute atomic E-state index is 14.8. The van der Waals surface area contributed by atoms with Gasteiger partial charge in [0.05, 0.1) is 27.0 Å². The van der Waals surface area contributed by atoms with Crippen LogP contribution in [-0.2, 0) is 10.0 Å². The number of hydrogen-bond acceptors (Lipinski definition) is 8. The van der Waals surface area contributed by atoms with E-state index < -0.39 is 38.1 Å². The molecular weight excluding hydrogens is 573 g/mol. The quantitative estimate of drug-likeness (QED) is 0.226. The molecule has 0 amide bonds. The van der Waals surface area contributed by atoms with Crippen molar-refractivity contribution < 1.29 is 21.6 Å². The van der Waals surface area contributed by atoms with E-state index in [1.807, 2.05) is 13.8 Å². The summed E-state index contributed by atoms with van der Waals surface area (Å²) < 4.78 is 70.4. The number of benzene rings is 2. The van der Waals surface area contributed by atoms with Gasteiger partial charge in [-0.15, -0.1) is 11.3 Å². The first-order valence-corrected chi connectivity index (χ1v) is 15.5. The number of halogens is 3. The lowest BCUT2D eigenvalue weighted by Gasteiger charge is -2.14. The summed E-state index contributed by atoms with van der Waals surface area (Å²) in [4.78, 5) is 16.0. The first-order valence-electron chi connectivity index (χ1n) is 13.2. The van der Waals surface area contributed by atoms with Crippen LogP contribution in [0.2, 0.25) is 0 Å². The molecule has 13 heteroatoms. The van der Waals surface area contributed by atoms with Crippen molar-refractivity contribution in [3.63, 3.8) is 0 Å². The molecule has 2 aromatic carbocycles. The van der Waals surface area contributed by atoms with Crippen LogP contribution in [0.5, 0.6) is 0 Å². The van der Waals surface area contributed by atoms with Crippen molar-refractivity contribution in [3.05, 3.63) is 71.1 Å². The molecule has 41 heavy (non-hydrogen) atoms. The Morgan fingerprint density at radius 2 is 1.76 bits per heavy atom. The fourth-order valence-electron chi connectivity index (χ4n) is 4.49. The minimum absolute atomic E-state index is 0.0850. The number of nitrogens with zero attached hydrogens (tertiary/aromatic N) is 4. The van der Waals surface area contributed by atoms with Crippen molar-refractivity contribution in [2.24, 2.45) is 0 Å². The van der Waals surface area contributed by atoms with Gasteiger partial charge in [-0.25, -0.2) is 36.5 Å². The fraction of sp³-hybridized carbons (Fsp3) is 0.321. The SMILES string of the molecule is CC(C)c1nc(-c2ccc(F)c(NS(=O)(=O)c3cc(F)ccc3F)c2)c(-c2ccnc(NCCN3CCCC3)n2)s1. The smallest absolute Gasteiger partial charge is 0.265 e. The number of aromatic nitrogens is 3. The highest BCUT2D eigenvalue weighted by atomic mass is 32.2. The van der Waals surface area contributed by atoms with Crippen molar-refractivity contribution in [3.8, 4) is 21.8 Å². The highest BCUT2D eigenvalue weighted by molar-refractivity contribution is 7.92. The molecule has 4 aromatic rings. The Labute approximate surface area is 240 Å². The van der Waals surface area contributed by atoms with Crippen molar-refractivity contribution in [2.75, 3.05) is 36.2 Å². The summed E-state index contributed by atoms with van der Waals surface area (Å²) in [7, 11) is -4.63. The molecule has 0 saturated carbocycles. The summed E-state index contributed by atoms with van der Waals surface area (Å²) in [5, 5.41) is 4.08. The molecule has 1 aliphatic heterocycles. The van der Waals surface area contributed by atoms with Gasteiger partial charge in [-0.1, -0.05) is 13.8 Å². The number of nitrogens with one attached hydrogen (secondary N) is 2. The second-order valence-corrected chi connectivity index (χ2v) is 12.7. The molecule has 5 rings (SSSR count). The minimum Gasteiger partial charge on any atom is -0.353 e. The molecule has 3 heterocycles. The number of likely N-dealkylation sites (tertiary alicyclic amines) is 1. The van der Waals surface area contributed by atoms with Crippen LogP contribution in [0.3, 0.4) is 0 Å². The van der Waals surface area contributed by atoms with Gasteiger partial charge in [0.25, 0.3) is 10.0 Å². The number of anilines is 2. The summed E-state index contributed by atoms with van der Waals surface area (Å²) in [6.45, 7) is 7.77. The molecule has 8 nitrogen and oxygen atoms in total. The van der Waals surface area contributed by atoms with Crippen molar-refractivity contribution in [1.29, 1.82) is 0 Å². The van der Waals surface area contributed by atoms with Crippen LogP contribution in [0.4, 0.5) is 24.8 Å². The lowest BCUT2D eigenvalue weighted by Crippen LogP contribution is -2.26.